The number of carbonyl (C=O) groups is 1. The number of hydrogen-bond donors (Lipinski definition) is 1. The zero-order valence-electron chi connectivity index (χ0n) is 15.9. The summed E-state index contributed by atoms with van der Waals surface area (Å²) in [5.41, 5.74) is 2.18. The SMILES string of the molecule is CCCCOCCCNC(=O)c1cc(C)nc2c1cnn2Cc1cccs1. The molecule has 0 aliphatic rings. The van der Waals surface area contributed by atoms with Gasteiger partial charge >= 0.3 is 0 Å². The molecule has 0 unspecified atom stereocenters. The number of rotatable bonds is 10. The molecule has 0 saturated carbocycles. The minimum Gasteiger partial charge on any atom is -0.381 e. The zero-order chi connectivity index (χ0) is 19.1. The van der Waals surface area contributed by atoms with Gasteiger partial charge < -0.3 is 10.1 Å². The van der Waals surface area contributed by atoms with Crippen LogP contribution >= 0.6 is 11.3 Å². The molecule has 144 valence electrons. The number of unbranched alkanes of at least 4 members (excludes halogenated alkanes) is 1. The molecule has 3 aromatic heterocycles. The van der Waals surface area contributed by atoms with E-state index in [1.807, 2.05) is 29.1 Å². The number of aryl methyl sites for hydroxylation is 1. The first-order valence-corrected chi connectivity index (χ1v) is 10.3. The largest absolute Gasteiger partial charge is 0.381 e. The molecule has 1 N–H and O–H groups in total. The van der Waals surface area contributed by atoms with E-state index in [0.717, 1.165) is 42.6 Å². The maximum Gasteiger partial charge on any atom is 0.252 e. The summed E-state index contributed by atoms with van der Waals surface area (Å²) in [5, 5.41) is 10.3. The molecule has 3 aromatic rings. The number of amides is 1. The van der Waals surface area contributed by atoms with Crippen molar-refractivity contribution in [1.29, 1.82) is 0 Å². The number of aromatic nitrogens is 3. The summed E-state index contributed by atoms with van der Waals surface area (Å²) in [7, 11) is 0. The molecule has 3 heterocycles. The Morgan fingerprint density at radius 1 is 1.33 bits per heavy atom. The fourth-order valence-electron chi connectivity index (χ4n) is 2.85. The number of pyridine rings is 1. The average molecular weight is 387 g/mol. The Labute approximate surface area is 163 Å². The number of nitrogens with one attached hydrogen (secondary N) is 1. The molecule has 0 saturated heterocycles. The second-order valence-corrected chi connectivity index (χ2v) is 7.54. The molecule has 7 heteroatoms. The van der Waals surface area contributed by atoms with Gasteiger partial charge in [0.05, 0.1) is 23.7 Å². The van der Waals surface area contributed by atoms with Crippen LogP contribution in [0.4, 0.5) is 0 Å². The maximum atomic E-state index is 12.7. The fourth-order valence-corrected chi connectivity index (χ4v) is 3.53. The molecular formula is C20H26N4O2S. The first-order chi connectivity index (χ1) is 13.2. The third kappa shape index (κ3) is 5.14. The van der Waals surface area contributed by atoms with E-state index < -0.39 is 0 Å². The summed E-state index contributed by atoms with van der Waals surface area (Å²) in [6, 6.07) is 5.92. The van der Waals surface area contributed by atoms with Crippen molar-refractivity contribution < 1.29 is 9.53 Å². The zero-order valence-corrected chi connectivity index (χ0v) is 16.7. The Morgan fingerprint density at radius 3 is 2.96 bits per heavy atom. The van der Waals surface area contributed by atoms with Crippen LogP contribution in [0.15, 0.2) is 29.8 Å². The number of carbonyl (C=O) groups excluding carboxylic acids is 1. The highest BCUT2D eigenvalue weighted by Gasteiger charge is 2.15. The molecule has 1 amide bonds. The van der Waals surface area contributed by atoms with Crippen LogP contribution < -0.4 is 5.32 Å². The third-order valence-corrected chi connectivity index (χ3v) is 5.12. The number of nitrogens with zero attached hydrogens (tertiary/aromatic N) is 3. The molecule has 0 aliphatic heterocycles. The van der Waals surface area contributed by atoms with Gasteiger partial charge in [0.1, 0.15) is 0 Å². The van der Waals surface area contributed by atoms with Gasteiger partial charge in [-0.2, -0.15) is 5.10 Å². The second-order valence-electron chi connectivity index (χ2n) is 6.51. The van der Waals surface area contributed by atoms with Crippen LogP contribution in [0.2, 0.25) is 0 Å². The smallest absolute Gasteiger partial charge is 0.252 e. The predicted molar refractivity (Wildman–Crippen MR) is 108 cm³/mol. The van der Waals surface area contributed by atoms with Crippen LogP contribution in [-0.2, 0) is 11.3 Å². The van der Waals surface area contributed by atoms with Crippen LogP contribution in [0.3, 0.4) is 0 Å². The summed E-state index contributed by atoms with van der Waals surface area (Å²) in [6.45, 7) is 6.76. The van der Waals surface area contributed by atoms with Crippen molar-refractivity contribution in [3.63, 3.8) is 0 Å². The predicted octanol–water partition coefficient (Wildman–Crippen LogP) is 3.79. The first kappa shape index (κ1) is 19.5. The highest BCUT2D eigenvalue weighted by Crippen LogP contribution is 2.20. The lowest BCUT2D eigenvalue weighted by atomic mass is 10.1. The van der Waals surface area contributed by atoms with Crippen molar-refractivity contribution in [2.45, 2.75) is 39.7 Å². The molecule has 0 radical (unpaired) electrons. The van der Waals surface area contributed by atoms with Gasteiger partial charge in [-0.25, -0.2) is 9.67 Å². The third-order valence-electron chi connectivity index (χ3n) is 4.26. The van der Waals surface area contributed by atoms with E-state index in [4.69, 9.17) is 4.74 Å². The average Bonchev–Trinajstić information content (AvgIpc) is 3.31. The molecular weight excluding hydrogens is 360 g/mol. The van der Waals surface area contributed by atoms with Gasteiger partial charge in [-0.3, -0.25) is 4.79 Å². The molecule has 0 aromatic carbocycles. The quantitative estimate of drug-likeness (QED) is 0.538. The highest BCUT2D eigenvalue weighted by atomic mass is 32.1. The van der Waals surface area contributed by atoms with Crippen molar-refractivity contribution in [3.8, 4) is 0 Å². The Hall–Kier alpha value is -2.25. The van der Waals surface area contributed by atoms with E-state index >= 15 is 0 Å². The van der Waals surface area contributed by atoms with Gasteiger partial charge in [0, 0.05) is 30.3 Å². The Bertz CT molecular complexity index is 874. The van der Waals surface area contributed by atoms with Crippen molar-refractivity contribution in [1.82, 2.24) is 20.1 Å². The fraction of sp³-hybridized carbons (Fsp3) is 0.450. The Morgan fingerprint density at radius 2 is 2.19 bits per heavy atom. The number of hydrogen-bond acceptors (Lipinski definition) is 5. The highest BCUT2D eigenvalue weighted by molar-refractivity contribution is 7.09. The molecule has 0 atom stereocenters. The van der Waals surface area contributed by atoms with Gasteiger partial charge in [0.25, 0.3) is 5.91 Å². The summed E-state index contributed by atoms with van der Waals surface area (Å²) in [4.78, 5) is 18.5. The molecule has 6 nitrogen and oxygen atoms in total. The van der Waals surface area contributed by atoms with Gasteiger partial charge in [-0.05, 0) is 37.3 Å². The molecule has 0 bridgehead atoms. The van der Waals surface area contributed by atoms with Crippen LogP contribution in [0.25, 0.3) is 11.0 Å². The number of ether oxygens (including phenoxy) is 1. The summed E-state index contributed by atoms with van der Waals surface area (Å²) >= 11 is 1.69. The van der Waals surface area contributed by atoms with E-state index in [1.165, 1.54) is 4.88 Å². The Kier molecular flexibility index (Phi) is 6.95. The van der Waals surface area contributed by atoms with E-state index in [1.54, 1.807) is 17.5 Å². The van der Waals surface area contributed by atoms with Gasteiger partial charge in [0.15, 0.2) is 5.65 Å². The van der Waals surface area contributed by atoms with Gasteiger partial charge in [-0.15, -0.1) is 11.3 Å². The van der Waals surface area contributed by atoms with E-state index in [2.05, 4.69) is 28.4 Å². The summed E-state index contributed by atoms with van der Waals surface area (Å²) < 4.78 is 7.38. The topological polar surface area (TPSA) is 69.0 Å². The summed E-state index contributed by atoms with van der Waals surface area (Å²) in [6.07, 6.45) is 4.75. The number of thiophene rings is 1. The lowest BCUT2D eigenvalue weighted by Crippen LogP contribution is -2.25. The normalized spacial score (nSPS) is 11.2. The molecule has 3 rings (SSSR count). The van der Waals surface area contributed by atoms with E-state index in [9.17, 15) is 4.79 Å². The molecule has 0 fully saturated rings. The minimum absolute atomic E-state index is 0.0882. The molecule has 0 aliphatic carbocycles. The van der Waals surface area contributed by atoms with Gasteiger partial charge in [-0.1, -0.05) is 19.4 Å². The van der Waals surface area contributed by atoms with Crippen LogP contribution in [0.1, 0.15) is 47.1 Å². The molecule has 0 spiro atoms. The molecule has 27 heavy (non-hydrogen) atoms. The van der Waals surface area contributed by atoms with Crippen molar-refractivity contribution in [3.05, 3.63) is 45.9 Å². The summed E-state index contributed by atoms with van der Waals surface area (Å²) in [5.74, 6) is -0.0882. The number of fused-ring (bicyclic) bond motifs is 1. The van der Waals surface area contributed by atoms with Crippen LogP contribution in [0.5, 0.6) is 0 Å². The Balaban J connectivity index is 1.65. The van der Waals surface area contributed by atoms with Gasteiger partial charge in [0.2, 0.25) is 0 Å². The monoisotopic (exact) mass is 386 g/mol. The van der Waals surface area contributed by atoms with Crippen molar-refractivity contribution in [2.75, 3.05) is 19.8 Å². The standard InChI is InChI=1S/C20H26N4O2S/c1-3-4-9-26-10-6-8-21-20(25)17-12-15(2)23-19-18(17)13-22-24(19)14-16-7-5-11-27-16/h5,7,11-13H,3-4,6,8-10,14H2,1-2H3,(H,21,25). The van der Waals surface area contributed by atoms with Crippen molar-refractivity contribution in [2.24, 2.45) is 0 Å². The minimum atomic E-state index is -0.0882. The first-order valence-electron chi connectivity index (χ1n) is 9.40. The van der Waals surface area contributed by atoms with Crippen LogP contribution in [0, 0.1) is 6.92 Å². The lowest BCUT2D eigenvalue weighted by molar-refractivity contribution is 0.0942. The van der Waals surface area contributed by atoms with Crippen molar-refractivity contribution >= 4 is 28.3 Å². The second kappa shape index (κ2) is 9.62. The van der Waals surface area contributed by atoms with E-state index in [-0.39, 0.29) is 5.91 Å². The lowest BCUT2D eigenvalue weighted by Gasteiger charge is -2.08. The maximum absolute atomic E-state index is 12.7. The van der Waals surface area contributed by atoms with E-state index in [0.29, 0.717) is 25.3 Å². The van der Waals surface area contributed by atoms with Crippen LogP contribution in [-0.4, -0.2) is 40.4 Å².